The molecule has 0 aromatic rings. The van der Waals surface area contributed by atoms with Crippen molar-refractivity contribution in [2.75, 3.05) is 6.54 Å². The van der Waals surface area contributed by atoms with Crippen molar-refractivity contribution in [2.45, 2.75) is 19.2 Å². The Hall–Kier alpha value is -0.650. The number of carboxylic acid groups (broad SMARTS) is 1. The van der Waals surface area contributed by atoms with Crippen LogP contribution in [0, 0.1) is 0 Å². The second kappa shape index (κ2) is 4.21. The molecule has 1 unspecified atom stereocenters. The van der Waals surface area contributed by atoms with Crippen LogP contribution in [-0.2, 0) is 4.79 Å². The fourth-order valence-corrected chi connectivity index (χ4v) is 0.385. The molecule has 0 amide bonds. The molecule has 0 spiro atoms. The molecule has 0 aliphatic rings. The van der Waals surface area contributed by atoms with Crippen LogP contribution in [0.25, 0.3) is 0 Å². The molecule has 0 heterocycles. The molecular formula is C5H12N2O3. The van der Waals surface area contributed by atoms with E-state index in [2.05, 4.69) is 5.32 Å². The van der Waals surface area contributed by atoms with E-state index in [0.29, 0.717) is 0 Å². The number of carbonyl (C=O) groups is 1. The molecular weight excluding hydrogens is 136 g/mol. The second-order valence-electron chi connectivity index (χ2n) is 2.03. The first-order valence-electron chi connectivity index (χ1n) is 2.94. The van der Waals surface area contributed by atoms with Gasteiger partial charge in [0.1, 0.15) is 12.3 Å². The van der Waals surface area contributed by atoms with E-state index in [0.717, 1.165) is 0 Å². The molecule has 0 fully saturated rings. The highest BCUT2D eigenvalue weighted by Crippen LogP contribution is 1.77. The van der Waals surface area contributed by atoms with Crippen molar-refractivity contribution in [2.24, 2.45) is 5.73 Å². The summed E-state index contributed by atoms with van der Waals surface area (Å²) in [7, 11) is 0. The number of rotatable bonds is 4. The summed E-state index contributed by atoms with van der Waals surface area (Å²) in [6, 6.07) is -0.949. The lowest BCUT2D eigenvalue weighted by Crippen LogP contribution is -2.43. The minimum absolute atomic E-state index is 0.0764. The number of hydrogen-bond acceptors (Lipinski definition) is 4. The van der Waals surface area contributed by atoms with E-state index in [1.54, 1.807) is 0 Å². The lowest BCUT2D eigenvalue weighted by atomic mass is 10.3. The van der Waals surface area contributed by atoms with Crippen molar-refractivity contribution in [3.05, 3.63) is 0 Å². The standard InChI is InChI=1S/C5H12N2O3/c1-3(8)7-2-4(6)5(9)10/h3-4,7-8H,2,6H2,1H3,(H,9,10)/t3?,4-/m0/s1. The third-order valence-electron chi connectivity index (χ3n) is 0.950. The van der Waals surface area contributed by atoms with E-state index in [-0.39, 0.29) is 6.54 Å². The van der Waals surface area contributed by atoms with Gasteiger partial charge in [0.15, 0.2) is 0 Å². The van der Waals surface area contributed by atoms with Crippen LogP contribution in [0.15, 0.2) is 0 Å². The fraction of sp³-hybridized carbons (Fsp3) is 0.800. The fourth-order valence-electron chi connectivity index (χ4n) is 0.385. The zero-order chi connectivity index (χ0) is 8.15. The van der Waals surface area contributed by atoms with E-state index < -0.39 is 18.2 Å². The number of aliphatic hydroxyl groups is 1. The van der Waals surface area contributed by atoms with Crippen LogP contribution in [0.4, 0.5) is 0 Å². The first-order chi connectivity index (χ1) is 4.54. The van der Waals surface area contributed by atoms with Crippen LogP contribution in [0.1, 0.15) is 6.92 Å². The van der Waals surface area contributed by atoms with Crippen molar-refractivity contribution < 1.29 is 15.0 Å². The molecule has 0 aliphatic carbocycles. The van der Waals surface area contributed by atoms with Gasteiger partial charge in [0, 0.05) is 6.54 Å². The Morgan fingerprint density at radius 2 is 2.30 bits per heavy atom. The maximum absolute atomic E-state index is 10.1. The summed E-state index contributed by atoms with van der Waals surface area (Å²) >= 11 is 0. The lowest BCUT2D eigenvalue weighted by molar-refractivity contribution is -0.138. The van der Waals surface area contributed by atoms with Gasteiger partial charge >= 0.3 is 5.97 Å². The number of nitrogens with one attached hydrogen (secondary N) is 1. The Kier molecular flexibility index (Phi) is 3.94. The molecule has 0 saturated heterocycles. The minimum Gasteiger partial charge on any atom is -0.480 e. The van der Waals surface area contributed by atoms with Crippen molar-refractivity contribution >= 4 is 5.97 Å². The summed E-state index contributed by atoms with van der Waals surface area (Å²) in [5, 5.41) is 19.3. The van der Waals surface area contributed by atoms with Crippen LogP contribution >= 0.6 is 0 Å². The van der Waals surface area contributed by atoms with Gasteiger partial charge in [-0.1, -0.05) is 0 Å². The smallest absolute Gasteiger partial charge is 0.321 e. The SMILES string of the molecule is CC(O)NC[C@H](N)C(=O)O. The van der Waals surface area contributed by atoms with E-state index >= 15 is 0 Å². The number of aliphatic hydroxyl groups excluding tert-OH is 1. The number of carboxylic acids is 1. The average molecular weight is 148 g/mol. The number of hydrogen-bond donors (Lipinski definition) is 4. The van der Waals surface area contributed by atoms with Crippen LogP contribution in [0.5, 0.6) is 0 Å². The highest BCUT2D eigenvalue weighted by atomic mass is 16.4. The van der Waals surface area contributed by atoms with Gasteiger partial charge in [-0.2, -0.15) is 0 Å². The Morgan fingerprint density at radius 3 is 2.60 bits per heavy atom. The lowest BCUT2D eigenvalue weighted by Gasteiger charge is -2.09. The van der Waals surface area contributed by atoms with Crippen LogP contribution in [0.2, 0.25) is 0 Å². The van der Waals surface area contributed by atoms with Gasteiger partial charge in [0.05, 0.1) is 0 Å². The summed E-state index contributed by atoms with van der Waals surface area (Å²) < 4.78 is 0. The summed E-state index contributed by atoms with van der Waals surface area (Å²) in [5.74, 6) is -1.08. The summed E-state index contributed by atoms with van der Waals surface area (Å²) in [4.78, 5) is 10.1. The maximum Gasteiger partial charge on any atom is 0.321 e. The first-order valence-corrected chi connectivity index (χ1v) is 2.94. The van der Waals surface area contributed by atoms with E-state index in [9.17, 15) is 4.79 Å². The largest absolute Gasteiger partial charge is 0.480 e. The average Bonchev–Trinajstić information content (AvgIpc) is 1.82. The summed E-state index contributed by atoms with van der Waals surface area (Å²) in [5.41, 5.74) is 5.09. The molecule has 0 bridgehead atoms. The molecule has 0 aromatic heterocycles. The van der Waals surface area contributed by atoms with Crippen molar-refractivity contribution in [3.8, 4) is 0 Å². The number of nitrogens with two attached hydrogens (primary N) is 1. The van der Waals surface area contributed by atoms with Crippen LogP contribution < -0.4 is 11.1 Å². The monoisotopic (exact) mass is 148 g/mol. The Morgan fingerprint density at radius 1 is 1.80 bits per heavy atom. The van der Waals surface area contributed by atoms with E-state index in [1.165, 1.54) is 6.92 Å². The van der Waals surface area contributed by atoms with Gasteiger partial charge in [-0.25, -0.2) is 0 Å². The van der Waals surface area contributed by atoms with Crippen LogP contribution in [0.3, 0.4) is 0 Å². The molecule has 0 rings (SSSR count). The van der Waals surface area contributed by atoms with Crippen molar-refractivity contribution in [3.63, 3.8) is 0 Å². The highest BCUT2D eigenvalue weighted by Gasteiger charge is 2.10. The van der Waals surface area contributed by atoms with Gasteiger partial charge in [-0.05, 0) is 6.92 Å². The molecule has 5 heteroatoms. The molecule has 0 aromatic carbocycles. The third-order valence-corrected chi connectivity index (χ3v) is 0.950. The van der Waals surface area contributed by atoms with Gasteiger partial charge in [-0.3, -0.25) is 10.1 Å². The molecule has 0 aliphatic heterocycles. The van der Waals surface area contributed by atoms with Crippen molar-refractivity contribution in [1.29, 1.82) is 0 Å². The minimum atomic E-state index is -1.08. The van der Waals surface area contributed by atoms with Crippen molar-refractivity contribution in [1.82, 2.24) is 5.32 Å². The second-order valence-corrected chi connectivity index (χ2v) is 2.03. The van der Waals surface area contributed by atoms with Gasteiger partial charge in [0.2, 0.25) is 0 Å². The molecule has 0 saturated carbocycles. The normalized spacial score (nSPS) is 16.3. The first kappa shape index (κ1) is 9.35. The number of aliphatic carboxylic acids is 1. The van der Waals surface area contributed by atoms with E-state index in [4.69, 9.17) is 15.9 Å². The Labute approximate surface area is 58.8 Å². The van der Waals surface area contributed by atoms with Gasteiger partial charge < -0.3 is 15.9 Å². The van der Waals surface area contributed by atoms with E-state index in [1.807, 2.05) is 0 Å². The summed E-state index contributed by atoms with van der Waals surface area (Å²) in [6.07, 6.45) is -0.717. The summed E-state index contributed by atoms with van der Waals surface area (Å²) in [6.45, 7) is 1.57. The van der Waals surface area contributed by atoms with Gasteiger partial charge in [0.25, 0.3) is 0 Å². The quantitative estimate of drug-likeness (QED) is 0.357. The maximum atomic E-state index is 10.1. The van der Waals surface area contributed by atoms with Gasteiger partial charge in [-0.15, -0.1) is 0 Å². The third kappa shape index (κ3) is 4.25. The molecule has 0 radical (unpaired) electrons. The topological polar surface area (TPSA) is 95.6 Å². The molecule has 2 atom stereocenters. The molecule has 5 N–H and O–H groups in total. The predicted molar refractivity (Wildman–Crippen MR) is 35.3 cm³/mol. The van der Waals surface area contributed by atoms with Crippen LogP contribution in [-0.4, -0.2) is 35.0 Å². The molecule has 5 nitrogen and oxygen atoms in total. The predicted octanol–water partition coefficient (Wildman–Crippen LogP) is -1.67. The molecule has 60 valence electrons. The Bertz CT molecular complexity index is 115. The zero-order valence-corrected chi connectivity index (χ0v) is 5.74. The molecule has 10 heavy (non-hydrogen) atoms. The Balaban J connectivity index is 3.40. The highest BCUT2D eigenvalue weighted by molar-refractivity contribution is 5.73. The zero-order valence-electron chi connectivity index (χ0n) is 5.74.